The van der Waals surface area contributed by atoms with Crippen LogP contribution in [0.5, 0.6) is 0 Å². The summed E-state index contributed by atoms with van der Waals surface area (Å²) < 4.78 is 25.4. The molecule has 1 aliphatic heterocycles. The zero-order chi connectivity index (χ0) is 15.8. The Morgan fingerprint density at radius 1 is 1.33 bits per heavy atom. The average Bonchev–Trinajstić information content (AvgIpc) is 2.75. The van der Waals surface area contributed by atoms with E-state index >= 15 is 0 Å². The first-order valence-electron chi connectivity index (χ1n) is 6.84. The molecule has 0 aliphatic carbocycles. The first kappa shape index (κ1) is 15.8. The fraction of sp³-hybridized carbons (Fsp3) is 0.500. The molecule has 1 aromatic rings. The third-order valence-electron chi connectivity index (χ3n) is 3.99. The van der Waals surface area contributed by atoms with Crippen LogP contribution >= 0.6 is 0 Å². The fourth-order valence-electron chi connectivity index (χ4n) is 2.61. The maximum atomic E-state index is 12.1. The number of nitrogens with two attached hydrogens (primary N) is 1. The molecule has 1 unspecified atom stereocenters. The molecule has 0 saturated heterocycles. The van der Waals surface area contributed by atoms with Gasteiger partial charge in [0, 0.05) is 20.6 Å². The van der Waals surface area contributed by atoms with Gasteiger partial charge in [0.1, 0.15) is 0 Å². The van der Waals surface area contributed by atoms with E-state index in [4.69, 9.17) is 5.73 Å². The second kappa shape index (κ2) is 5.31. The Labute approximate surface area is 126 Å². The maximum absolute atomic E-state index is 12.1. The molecule has 0 saturated carbocycles. The van der Waals surface area contributed by atoms with Crippen molar-refractivity contribution < 1.29 is 8.42 Å². The van der Waals surface area contributed by atoms with Gasteiger partial charge in [0.05, 0.1) is 17.0 Å². The molecule has 2 rings (SSSR count). The highest BCUT2D eigenvalue weighted by atomic mass is 32.2. The number of guanidine groups is 1. The molecule has 7 heteroatoms. The van der Waals surface area contributed by atoms with E-state index in [0.717, 1.165) is 12.1 Å². The molecule has 0 amide bonds. The number of rotatable bonds is 4. The van der Waals surface area contributed by atoms with Gasteiger partial charge in [-0.3, -0.25) is 4.99 Å². The number of likely N-dealkylation sites (N-methyl/N-ethyl adjacent to an activating group) is 1. The Balaban J connectivity index is 2.37. The van der Waals surface area contributed by atoms with Crippen molar-refractivity contribution >= 4 is 16.0 Å². The lowest BCUT2D eigenvalue weighted by Crippen LogP contribution is -2.47. The Morgan fingerprint density at radius 3 is 2.38 bits per heavy atom. The highest BCUT2D eigenvalue weighted by molar-refractivity contribution is 7.89. The van der Waals surface area contributed by atoms with Gasteiger partial charge in [0.25, 0.3) is 0 Å². The summed E-state index contributed by atoms with van der Waals surface area (Å²) in [6.45, 7) is 5.42. The van der Waals surface area contributed by atoms with Gasteiger partial charge >= 0.3 is 0 Å². The summed E-state index contributed by atoms with van der Waals surface area (Å²) in [4.78, 5) is 6.63. The molecule has 1 atom stereocenters. The van der Waals surface area contributed by atoms with Gasteiger partial charge in [0.2, 0.25) is 10.0 Å². The highest BCUT2D eigenvalue weighted by Crippen LogP contribution is 2.33. The minimum Gasteiger partial charge on any atom is -0.370 e. The van der Waals surface area contributed by atoms with Crippen LogP contribution in [0.2, 0.25) is 0 Å². The van der Waals surface area contributed by atoms with E-state index < -0.39 is 10.0 Å². The van der Waals surface area contributed by atoms with Gasteiger partial charge in [-0.15, -0.1) is 0 Å². The lowest BCUT2D eigenvalue weighted by molar-refractivity contribution is 0.235. The number of hydrogen-bond acceptors (Lipinski definition) is 5. The molecule has 0 aromatic heterocycles. The van der Waals surface area contributed by atoms with Crippen LogP contribution < -0.4 is 5.73 Å². The molecule has 0 fully saturated rings. The van der Waals surface area contributed by atoms with Gasteiger partial charge in [-0.05, 0) is 31.5 Å². The minimum absolute atomic E-state index is 0.287. The summed E-state index contributed by atoms with van der Waals surface area (Å²) in [7, 11) is -0.355. The summed E-state index contributed by atoms with van der Waals surface area (Å²) >= 11 is 0. The van der Waals surface area contributed by atoms with E-state index in [1.165, 1.54) is 18.4 Å². The molecule has 116 valence electrons. The summed E-state index contributed by atoms with van der Waals surface area (Å²) in [6.07, 6.45) is 0. The predicted molar refractivity (Wildman–Crippen MR) is 83.5 cm³/mol. The Kier molecular flexibility index (Phi) is 3.99. The van der Waals surface area contributed by atoms with E-state index in [1.807, 2.05) is 24.0 Å². The Hall–Kier alpha value is -1.60. The summed E-state index contributed by atoms with van der Waals surface area (Å²) in [6, 6.07) is 6.96. The number of sulfonamides is 1. The number of nitrogens with zero attached hydrogens (tertiary/aromatic N) is 3. The molecular weight excluding hydrogens is 288 g/mol. The van der Waals surface area contributed by atoms with Gasteiger partial charge in [0.15, 0.2) is 5.96 Å². The largest absolute Gasteiger partial charge is 0.370 e. The molecule has 1 aromatic carbocycles. The monoisotopic (exact) mass is 310 g/mol. The van der Waals surface area contributed by atoms with Crippen LogP contribution in [0.4, 0.5) is 0 Å². The van der Waals surface area contributed by atoms with Crippen LogP contribution in [0.25, 0.3) is 0 Å². The van der Waals surface area contributed by atoms with E-state index in [1.54, 1.807) is 12.1 Å². The van der Waals surface area contributed by atoms with E-state index in [-0.39, 0.29) is 10.4 Å². The number of hydrogen-bond donors (Lipinski definition) is 1. The smallest absolute Gasteiger partial charge is 0.242 e. The van der Waals surface area contributed by atoms with E-state index in [0.29, 0.717) is 12.5 Å². The maximum Gasteiger partial charge on any atom is 0.242 e. The summed E-state index contributed by atoms with van der Waals surface area (Å²) in [5.74, 6) is 0.532. The SMILES string of the molecule is CCN1C(N)=NCC1(C)c1ccc(S(=O)(=O)N(C)C)cc1. The standard InChI is InChI=1S/C14H22N4O2S/c1-5-18-13(15)16-10-14(18,2)11-6-8-12(9-7-11)21(19,20)17(3)4/h6-9H,5,10H2,1-4H3,(H2,15,16). The molecule has 0 spiro atoms. The minimum atomic E-state index is -3.40. The zero-order valence-corrected chi connectivity index (χ0v) is 13.7. The lowest BCUT2D eigenvalue weighted by Gasteiger charge is -2.36. The van der Waals surface area contributed by atoms with Crippen LogP contribution in [0.3, 0.4) is 0 Å². The number of aliphatic imine (C=N–C) groups is 1. The number of benzene rings is 1. The van der Waals surface area contributed by atoms with Gasteiger partial charge < -0.3 is 10.6 Å². The molecule has 1 heterocycles. The zero-order valence-electron chi connectivity index (χ0n) is 12.9. The van der Waals surface area contributed by atoms with Crippen molar-refractivity contribution in [1.82, 2.24) is 9.21 Å². The first-order valence-corrected chi connectivity index (χ1v) is 8.28. The van der Waals surface area contributed by atoms with Crippen molar-refractivity contribution in [2.24, 2.45) is 10.7 Å². The van der Waals surface area contributed by atoms with Crippen LogP contribution in [0.15, 0.2) is 34.2 Å². The van der Waals surface area contributed by atoms with Crippen LogP contribution in [-0.2, 0) is 15.6 Å². The third-order valence-corrected chi connectivity index (χ3v) is 5.82. The second-order valence-electron chi connectivity index (χ2n) is 5.50. The third kappa shape index (κ3) is 2.51. The van der Waals surface area contributed by atoms with Crippen molar-refractivity contribution in [2.75, 3.05) is 27.2 Å². The Morgan fingerprint density at radius 2 is 1.90 bits per heavy atom. The van der Waals surface area contributed by atoms with Crippen LogP contribution in [0, 0.1) is 0 Å². The molecule has 21 heavy (non-hydrogen) atoms. The molecule has 2 N–H and O–H groups in total. The highest BCUT2D eigenvalue weighted by Gasteiger charge is 2.38. The molecular formula is C14H22N4O2S. The van der Waals surface area contributed by atoms with Crippen molar-refractivity contribution in [3.05, 3.63) is 29.8 Å². The van der Waals surface area contributed by atoms with E-state index in [9.17, 15) is 8.42 Å². The fourth-order valence-corrected chi connectivity index (χ4v) is 3.52. The van der Waals surface area contributed by atoms with Crippen molar-refractivity contribution in [3.63, 3.8) is 0 Å². The molecule has 0 radical (unpaired) electrons. The Bertz CT molecular complexity index is 652. The summed E-state index contributed by atoms with van der Waals surface area (Å²) in [5.41, 5.74) is 6.60. The predicted octanol–water partition coefficient (Wildman–Crippen LogP) is 0.802. The van der Waals surface area contributed by atoms with Gasteiger partial charge in [-0.25, -0.2) is 12.7 Å². The molecule has 0 bridgehead atoms. The lowest BCUT2D eigenvalue weighted by atomic mass is 9.91. The van der Waals surface area contributed by atoms with Gasteiger partial charge in [-0.2, -0.15) is 0 Å². The normalized spacial score (nSPS) is 22.7. The van der Waals surface area contributed by atoms with E-state index in [2.05, 4.69) is 11.9 Å². The van der Waals surface area contributed by atoms with Gasteiger partial charge in [-0.1, -0.05) is 12.1 Å². The quantitative estimate of drug-likeness (QED) is 0.892. The second-order valence-corrected chi connectivity index (χ2v) is 7.66. The van der Waals surface area contributed by atoms with Crippen molar-refractivity contribution in [2.45, 2.75) is 24.3 Å². The average molecular weight is 310 g/mol. The van der Waals surface area contributed by atoms with Crippen molar-refractivity contribution in [1.29, 1.82) is 0 Å². The summed E-state index contributed by atoms with van der Waals surface area (Å²) in [5, 5.41) is 0. The first-order chi connectivity index (χ1) is 9.73. The van der Waals surface area contributed by atoms with Crippen molar-refractivity contribution in [3.8, 4) is 0 Å². The molecule has 6 nitrogen and oxygen atoms in total. The topological polar surface area (TPSA) is 79.0 Å². The molecule has 1 aliphatic rings. The van der Waals surface area contributed by atoms with Crippen LogP contribution in [-0.4, -0.2) is 50.8 Å². The van der Waals surface area contributed by atoms with Crippen LogP contribution in [0.1, 0.15) is 19.4 Å².